The second-order valence-electron chi connectivity index (χ2n) is 7.09. The van der Waals surface area contributed by atoms with Crippen molar-refractivity contribution in [3.8, 4) is 16.9 Å². The number of aliphatic carboxylic acids is 1. The molecule has 0 aliphatic rings. The van der Waals surface area contributed by atoms with Gasteiger partial charge in [0.1, 0.15) is 6.04 Å². The van der Waals surface area contributed by atoms with Crippen LogP contribution in [0.1, 0.15) is 34.5 Å². The molecule has 1 aromatic heterocycles. The molecule has 0 spiro atoms. The minimum absolute atomic E-state index is 0.00317. The predicted molar refractivity (Wildman–Crippen MR) is 112 cm³/mol. The van der Waals surface area contributed by atoms with E-state index in [2.05, 4.69) is 0 Å². The molecule has 0 saturated heterocycles. The fraction of sp³-hybridized carbons (Fsp3) is 0.174. The van der Waals surface area contributed by atoms with E-state index in [1.165, 1.54) is 25.1 Å². The van der Waals surface area contributed by atoms with E-state index < -0.39 is 23.3 Å². The van der Waals surface area contributed by atoms with Crippen molar-refractivity contribution >= 4 is 23.4 Å². The number of nitrogens with zero attached hydrogens (tertiary/aromatic N) is 1. The van der Waals surface area contributed by atoms with E-state index in [-0.39, 0.29) is 28.9 Å². The largest absolute Gasteiger partial charge is 0.871 e. The number of pyridine rings is 1. The molecular formula is C23H19ClNO5-. The number of aryl methyl sites for hydroxylation is 1. The molecule has 1 atom stereocenters. The summed E-state index contributed by atoms with van der Waals surface area (Å²) in [5.41, 5.74) is 1.60. The number of ketones is 1. The van der Waals surface area contributed by atoms with E-state index in [0.29, 0.717) is 5.02 Å². The fourth-order valence-electron chi connectivity index (χ4n) is 3.28. The van der Waals surface area contributed by atoms with Gasteiger partial charge in [0.05, 0.1) is 0 Å². The fourth-order valence-corrected chi connectivity index (χ4v) is 3.45. The summed E-state index contributed by atoms with van der Waals surface area (Å²) in [5, 5.41) is 22.8. The molecule has 1 unspecified atom stereocenters. The Morgan fingerprint density at radius 1 is 1.10 bits per heavy atom. The van der Waals surface area contributed by atoms with E-state index in [1.807, 2.05) is 19.1 Å². The number of aromatic nitrogens is 1. The number of carboxylic acid groups (broad SMARTS) is 1. The Bertz CT molecular complexity index is 1180. The standard InChI is InChI=1S/C23H20ClNO5/c1-13-3-5-15(6-4-13)9-20(23(29)30)25-12-21(27)19(11-22(25)28)18-10-16(24)7-8-17(18)14(2)26/h3-8,10-12,20,27H,9H2,1-2H3,(H,29,30)/p-1. The van der Waals surface area contributed by atoms with Crippen molar-refractivity contribution in [2.75, 3.05) is 0 Å². The highest BCUT2D eigenvalue weighted by atomic mass is 35.5. The summed E-state index contributed by atoms with van der Waals surface area (Å²) in [6.45, 7) is 3.26. The second-order valence-corrected chi connectivity index (χ2v) is 7.52. The molecule has 0 saturated carbocycles. The van der Waals surface area contributed by atoms with Gasteiger partial charge in [-0.1, -0.05) is 47.2 Å². The molecule has 0 aliphatic carbocycles. The van der Waals surface area contributed by atoms with Crippen LogP contribution in [0.3, 0.4) is 0 Å². The van der Waals surface area contributed by atoms with Crippen molar-refractivity contribution < 1.29 is 19.8 Å². The van der Waals surface area contributed by atoms with Crippen LogP contribution in [0.15, 0.2) is 59.5 Å². The lowest BCUT2D eigenvalue weighted by Crippen LogP contribution is -2.31. The molecule has 1 heterocycles. The molecule has 3 rings (SSSR count). The molecule has 1 N–H and O–H groups in total. The number of rotatable bonds is 6. The first-order valence-electron chi connectivity index (χ1n) is 9.19. The maximum atomic E-state index is 12.8. The Hall–Kier alpha value is -3.38. The molecule has 30 heavy (non-hydrogen) atoms. The molecular weight excluding hydrogens is 406 g/mol. The molecule has 0 radical (unpaired) electrons. The molecule has 0 fully saturated rings. The van der Waals surface area contributed by atoms with Gasteiger partial charge in [-0.2, -0.15) is 0 Å². The highest BCUT2D eigenvalue weighted by Crippen LogP contribution is 2.32. The summed E-state index contributed by atoms with van der Waals surface area (Å²) < 4.78 is 0.923. The average molecular weight is 425 g/mol. The van der Waals surface area contributed by atoms with Crippen LogP contribution in [0.4, 0.5) is 0 Å². The Balaban J connectivity index is 2.08. The molecule has 7 heteroatoms. The molecule has 3 aromatic rings. The van der Waals surface area contributed by atoms with Crippen molar-refractivity contribution in [2.24, 2.45) is 0 Å². The van der Waals surface area contributed by atoms with Crippen LogP contribution in [0, 0.1) is 6.92 Å². The number of benzene rings is 2. The van der Waals surface area contributed by atoms with Crippen LogP contribution < -0.4 is 10.7 Å². The van der Waals surface area contributed by atoms with Gasteiger partial charge in [-0.15, -0.1) is 0 Å². The van der Waals surface area contributed by atoms with Gasteiger partial charge in [0, 0.05) is 29.3 Å². The Morgan fingerprint density at radius 3 is 2.37 bits per heavy atom. The summed E-state index contributed by atoms with van der Waals surface area (Å²) >= 11 is 6.01. The predicted octanol–water partition coefficient (Wildman–Crippen LogP) is 3.62. The van der Waals surface area contributed by atoms with E-state index in [4.69, 9.17) is 11.6 Å². The van der Waals surface area contributed by atoms with Gasteiger partial charge in [0.15, 0.2) is 5.78 Å². The summed E-state index contributed by atoms with van der Waals surface area (Å²) in [7, 11) is 0. The first-order chi connectivity index (χ1) is 14.2. The molecule has 154 valence electrons. The molecule has 6 nitrogen and oxygen atoms in total. The lowest BCUT2D eigenvalue weighted by atomic mass is 9.97. The molecule has 2 aromatic carbocycles. The Kier molecular flexibility index (Phi) is 6.08. The lowest BCUT2D eigenvalue weighted by molar-refractivity contribution is -0.268. The lowest BCUT2D eigenvalue weighted by Gasteiger charge is -2.22. The van der Waals surface area contributed by atoms with Crippen LogP contribution in [0.5, 0.6) is 5.75 Å². The third kappa shape index (κ3) is 4.44. The third-order valence-electron chi connectivity index (χ3n) is 4.87. The van der Waals surface area contributed by atoms with Gasteiger partial charge in [0.2, 0.25) is 0 Å². The van der Waals surface area contributed by atoms with Crippen molar-refractivity contribution in [1.29, 1.82) is 0 Å². The maximum absolute atomic E-state index is 12.8. The van der Waals surface area contributed by atoms with Crippen molar-refractivity contribution in [3.05, 3.63) is 86.8 Å². The van der Waals surface area contributed by atoms with Crippen LogP contribution in [-0.2, 0) is 11.2 Å². The van der Waals surface area contributed by atoms with Gasteiger partial charge >= 0.3 is 5.97 Å². The number of carboxylic acids is 1. The van der Waals surface area contributed by atoms with E-state index >= 15 is 0 Å². The van der Waals surface area contributed by atoms with Gasteiger partial charge in [0.25, 0.3) is 5.56 Å². The third-order valence-corrected chi connectivity index (χ3v) is 5.10. The Labute approximate surface area is 178 Å². The number of carbonyl (C=O) groups excluding carboxylic acids is 1. The first kappa shape index (κ1) is 21.3. The summed E-state index contributed by atoms with van der Waals surface area (Å²) in [4.78, 5) is 36.6. The van der Waals surface area contributed by atoms with Gasteiger partial charge in [-0.3, -0.25) is 9.59 Å². The molecule has 0 amide bonds. The number of carbonyl (C=O) groups is 2. The Morgan fingerprint density at radius 2 is 1.77 bits per heavy atom. The molecule has 0 aliphatic heterocycles. The number of halogens is 1. The van der Waals surface area contributed by atoms with Crippen LogP contribution in [0.25, 0.3) is 11.1 Å². The SMILES string of the molecule is CC(=O)c1ccc(Cl)cc1-c1cc(=O)n(C(Cc2ccc(C)cc2)C(=O)O)cc1[O-]. The molecule has 0 bridgehead atoms. The first-order valence-corrected chi connectivity index (χ1v) is 9.57. The van der Waals surface area contributed by atoms with E-state index in [1.54, 1.807) is 12.1 Å². The van der Waals surface area contributed by atoms with Gasteiger partial charge in [-0.05, 0) is 48.7 Å². The van der Waals surface area contributed by atoms with Crippen molar-refractivity contribution in [3.63, 3.8) is 0 Å². The summed E-state index contributed by atoms with van der Waals surface area (Å²) in [5.74, 6) is -2.08. The van der Waals surface area contributed by atoms with Crippen molar-refractivity contribution in [2.45, 2.75) is 26.3 Å². The van der Waals surface area contributed by atoms with E-state index in [0.717, 1.165) is 28.0 Å². The van der Waals surface area contributed by atoms with E-state index in [9.17, 15) is 24.6 Å². The zero-order valence-electron chi connectivity index (χ0n) is 16.4. The van der Waals surface area contributed by atoms with Gasteiger partial charge in [-0.25, -0.2) is 4.79 Å². The smallest absolute Gasteiger partial charge is 0.327 e. The van der Waals surface area contributed by atoms with Crippen molar-refractivity contribution in [1.82, 2.24) is 4.57 Å². The maximum Gasteiger partial charge on any atom is 0.327 e. The van der Waals surface area contributed by atoms with Crippen LogP contribution in [0.2, 0.25) is 5.02 Å². The highest BCUT2D eigenvalue weighted by molar-refractivity contribution is 6.31. The minimum atomic E-state index is -1.24. The topological polar surface area (TPSA) is 99.4 Å². The normalized spacial score (nSPS) is 11.8. The zero-order chi connectivity index (χ0) is 22.0. The van der Waals surface area contributed by atoms with Crippen LogP contribution in [-0.4, -0.2) is 21.4 Å². The monoisotopic (exact) mass is 424 g/mol. The summed E-state index contributed by atoms with van der Waals surface area (Å²) in [6.07, 6.45) is 1.03. The zero-order valence-corrected chi connectivity index (χ0v) is 17.1. The van der Waals surface area contributed by atoms with Crippen LogP contribution >= 0.6 is 11.6 Å². The quantitative estimate of drug-likeness (QED) is 0.609. The average Bonchev–Trinajstić information content (AvgIpc) is 2.68. The highest BCUT2D eigenvalue weighted by Gasteiger charge is 2.22. The second kappa shape index (κ2) is 8.55. The summed E-state index contributed by atoms with van der Waals surface area (Å²) in [6, 6.07) is 11.5. The van der Waals surface area contributed by atoms with Gasteiger partial charge < -0.3 is 14.8 Å². The number of hydrogen-bond acceptors (Lipinski definition) is 4. The minimum Gasteiger partial charge on any atom is -0.871 e. The number of Topliss-reactive ketones (excluding diaryl/α,β-unsaturated/α-hetero) is 1. The number of hydrogen-bond donors (Lipinski definition) is 1.